The molecule has 2 nitrogen and oxygen atoms in total. The van der Waals surface area contributed by atoms with Gasteiger partial charge >= 0.3 is 0 Å². The van der Waals surface area contributed by atoms with Gasteiger partial charge in [-0.25, -0.2) is 0 Å². The number of benzene rings is 1. The van der Waals surface area contributed by atoms with Crippen LogP contribution in [0.2, 0.25) is 0 Å². The van der Waals surface area contributed by atoms with Crippen molar-refractivity contribution >= 4 is 11.8 Å². The Morgan fingerprint density at radius 1 is 1.27 bits per heavy atom. The third-order valence-electron chi connectivity index (χ3n) is 1.49. The van der Waals surface area contributed by atoms with Crippen LogP contribution in [0.15, 0.2) is 30.5 Å². The molecule has 3 N–H and O–H groups in total. The highest BCUT2D eigenvalue weighted by molar-refractivity contribution is 5.54. The number of anilines is 1. The van der Waals surface area contributed by atoms with Crippen molar-refractivity contribution in [2.24, 2.45) is 5.73 Å². The zero-order chi connectivity index (χ0) is 8.10. The van der Waals surface area contributed by atoms with E-state index >= 15 is 0 Å². The lowest BCUT2D eigenvalue weighted by Crippen LogP contribution is -1.86. The highest BCUT2D eigenvalue weighted by Gasteiger charge is 1.86. The van der Waals surface area contributed by atoms with Crippen molar-refractivity contribution in [2.75, 3.05) is 12.4 Å². The number of rotatable bonds is 2. The van der Waals surface area contributed by atoms with E-state index < -0.39 is 0 Å². The largest absolute Gasteiger partial charge is 0.405 e. The van der Waals surface area contributed by atoms with Crippen LogP contribution >= 0.6 is 0 Å². The van der Waals surface area contributed by atoms with Crippen molar-refractivity contribution < 1.29 is 0 Å². The lowest BCUT2D eigenvalue weighted by Gasteiger charge is -1.98. The van der Waals surface area contributed by atoms with Crippen LogP contribution in [0.5, 0.6) is 0 Å². The first-order chi connectivity index (χ1) is 5.36. The second kappa shape index (κ2) is 3.66. The van der Waals surface area contributed by atoms with Crippen LogP contribution in [-0.2, 0) is 0 Å². The quantitative estimate of drug-likeness (QED) is 0.669. The van der Waals surface area contributed by atoms with Gasteiger partial charge in [0.05, 0.1) is 0 Å². The zero-order valence-corrected chi connectivity index (χ0v) is 6.54. The minimum Gasteiger partial charge on any atom is -0.405 e. The first kappa shape index (κ1) is 7.66. The van der Waals surface area contributed by atoms with E-state index in [0.29, 0.717) is 0 Å². The van der Waals surface area contributed by atoms with Crippen LogP contribution < -0.4 is 11.1 Å². The van der Waals surface area contributed by atoms with Crippen molar-refractivity contribution in [3.05, 3.63) is 36.0 Å². The summed E-state index contributed by atoms with van der Waals surface area (Å²) in [5, 5.41) is 3.04. The molecule has 0 radical (unpaired) electrons. The van der Waals surface area contributed by atoms with Gasteiger partial charge in [0.2, 0.25) is 0 Å². The van der Waals surface area contributed by atoms with Gasteiger partial charge in [-0.2, -0.15) is 0 Å². The summed E-state index contributed by atoms with van der Waals surface area (Å²) in [4.78, 5) is 0. The van der Waals surface area contributed by atoms with E-state index in [0.717, 1.165) is 11.3 Å². The summed E-state index contributed by atoms with van der Waals surface area (Å²) in [5.41, 5.74) is 7.46. The molecule has 1 rings (SSSR count). The predicted molar refractivity (Wildman–Crippen MR) is 49.2 cm³/mol. The highest BCUT2D eigenvalue weighted by atomic mass is 14.8. The van der Waals surface area contributed by atoms with Crippen molar-refractivity contribution in [1.82, 2.24) is 0 Å². The van der Waals surface area contributed by atoms with Crippen LogP contribution in [0.4, 0.5) is 5.69 Å². The molecule has 0 aromatic heterocycles. The Balaban J connectivity index is 2.82. The zero-order valence-electron chi connectivity index (χ0n) is 6.54. The van der Waals surface area contributed by atoms with E-state index in [1.165, 1.54) is 6.20 Å². The van der Waals surface area contributed by atoms with E-state index in [-0.39, 0.29) is 0 Å². The van der Waals surface area contributed by atoms with Gasteiger partial charge in [0.15, 0.2) is 0 Å². The van der Waals surface area contributed by atoms with Crippen molar-refractivity contribution in [3.63, 3.8) is 0 Å². The molecular weight excluding hydrogens is 136 g/mol. The normalized spacial score (nSPS) is 10.3. The van der Waals surface area contributed by atoms with Gasteiger partial charge in [-0.05, 0) is 30.0 Å². The molecule has 0 aliphatic heterocycles. The van der Waals surface area contributed by atoms with Gasteiger partial charge in [0.1, 0.15) is 0 Å². The molecule has 0 unspecified atom stereocenters. The van der Waals surface area contributed by atoms with Crippen LogP contribution in [0.25, 0.3) is 6.08 Å². The lowest BCUT2D eigenvalue weighted by atomic mass is 10.2. The fraction of sp³-hybridized carbons (Fsp3) is 0.111. The molecule has 1 aromatic rings. The van der Waals surface area contributed by atoms with Crippen molar-refractivity contribution in [1.29, 1.82) is 0 Å². The fourth-order valence-electron chi connectivity index (χ4n) is 0.872. The molecule has 2 heteroatoms. The summed E-state index contributed by atoms with van der Waals surface area (Å²) in [6.45, 7) is 0. The topological polar surface area (TPSA) is 38.0 Å². The van der Waals surface area contributed by atoms with E-state index in [2.05, 4.69) is 5.32 Å². The minimum absolute atomic E-state index is 1.11. The third kappa shape index (κ3) is 2.00. The molecule has 0 aliphatic rings. The minimum atomic E-state index is 1.11. The first-order valence-electron chi connectivity index (χ1n) is 3.53. The Hall–Kier alpha value is -1.44. The maximum atomic E-state index is 5.23. The molecule has 1 aromatic carbocycles. The highest BCUT2D eigenvalue weighted by Crippen LogP contribution is 2.08. The lowest BCUT2D eigenvalue weighted by molar-refractivity contribution is 1.50. The number of hydrogen-bond acceptors (Lipinski definition) is 2. The predicted octanol–water partition coefficient (Wildman–Crippen LogP) is 1.66. The molecule has 0 heterocycles. The average Bonchev–Trinajstić information content (AvgIpc) is 2.07. The Bertz CT molecular complexity index is 236. The Morgan fingerprint density at radius 3 is 2.36 bits per heavy atom. The van der Waals surface area contributed by atoms with Crippen molar-refractivity contribution in [2.45, 2.75) is 0 Å². The molecule has 0 atom stereocenters. The molecule has 58 valence electrons. The average molecular weight is 148 g/mol. The van der Waals surface area contributed by atoms with E-state index in [1.54, 1.807) is 0 Å². The molecule has 0 saturated heterocycles. The Labute approximate surface area is 66.7 Å². The van der Waals surface area contributed by atoms with Gasteiger partial charge in [-0.1, -0.05) is 12.1 Å². The van der Waals surface area contributed by atoms with Gasteiger partial charge in [-0.15, -0.1) is 0 Å². The van der Waals surface area contributed by atoms with Crippen LogP contribution in [0.3, 0.4) is 0 Å². The summed E-state index contributed by atoms with van der Waals surface area (Å²) >= 11 is 0. The number of nitrogens with one attached hydrogen (secondary N) is 1. The van der Waals surface area contributed by atoms with E-state index in [9.17, 15) is 0 Å². The second-order valence-corrected chi connectivity index (χ2v) is 2.23. The van der Waals surface area contributed by atoms with E-state index in [1.807, 2.05) is 37.4 Å². The number of hydrogen-bond donors (Lipinski definition) is 2. The Kier molecular flexibility index (Phi) is 2.55. The summed E-state index contributed by atoms with van der Waals surface area (Å²) in [6.07, 6.45) is 3.40. The third-order valence-corrected chi connectivity index (χ3v) is 1.49. The molecule has 0 spiro atoms. The summed E-state index contributed by atoms with van der Waals surface area (Å²) in [6, 6.07) is 8.04. The molecule has 0 amide bonds. The Morgan fingerprint density at radius 2 is 1.91 bits per heavy atom. The van der Waals surface area contributed by atoms with Gasteiger partial charge in [-0.3, -0.25) is 0 Å². The van der Waals surface area contributed by atoms with Gasteiger partial charge in [0.25, 0.3) is 0 Å². The molecule has 11 heavy (non-hydrogen) atoms. The second-order valence-electron chi connectivity index (χ2n) is 2.23. The monoisotopic (exact) mass is 148 g/mol. The number of nitrogens with two attached hydrogens (primary N) is 1. The molecule has 0 fully saturated rings. The summed E-state index contributed by atoms with van der Waals surface area (Å²) in [5.74, 6) is 0. The smallest absolute Gasteiger partial charge is 0.0337 e. The maximum Gasteiger partial charge on any atom is 0.0337 e. The van der Waals surface area contributed by atoms with Crippen LogP contribution in [-0.4, -0.2) is 7.05 Å². The molecule has 0 bridgehead atoms. The maximum absolute atomic E-state index is 5.23. The molecular formula is C9H12N2. The summed E-state index contributed by atoms with van der Waals surface area (Å²) in [7, 11) is 1.90. The first-order valence-corrected chi connectivity index (χ1v) is 3.53. The van der Waals surface area contributed by atoms with Gasteiger partial charge in [0, 0.05) is 12.7 Å². The SMILES string of the molecule is CNc1ccc(/C=C/N)cc1. The molecule has 0 saturated carbocycles. The van der Waals surface area contributed by atoms with Crippen molar-refractivity contribution in [3.8, 4) is 0 Å². The van der Waals surface area contributed by atoms with E-state index in [4.69, 9.17) is 5.73 Å². The standard InChI is InChI=1S/C9H12N2/c1-11-9-4-2-8(3-5-9)6-7-10/h2-7,11H,10H2,1H3/b7-6+. The fourth-order valence-corrected chi connectivity index (χ4v) is 0.872. The molecule has 0 aliphatic carbocycles. The van der Waals surface area contributed by atoms with Crippen LogP contribution in [0.1, 0.15) is 5.56 Å². The van der Waals surface area contributed by atoms with Gasteiger partial charge < -0.3 is 11.1 Å². The van der Waals surface area contributed by atoms with Crippen LogP contribution in [0, 0.1) is 0 Å². The summed E-state index contributed by atoms with van der Waals surface area (Å²) < 4.78 is 0.